The third kappa shape index (κ3) is 3.99. The van der Waals surface area contributed by atoms with Crippen LogP contribution in [-0.2, 0) is 9.53 Å². The normalized spacial score (nSPS) is 15.7. The van der Waals surface area contributed by atoms with Crippen LogP contribution in [0.3, 0.4) is 0 Å². The number of amidine groups is 1. The first-order chi connectivity index (χ1) is 10.1. The summed E-state index contributed by atoms with van der Waals surface area (Å²) in [5.41, 5.74) is 3.12. The monoisotopic (exact) mass is 292 g/mol. The number of morpholine rings is 1. The zero-order chi connectivity index (χ0) is 15.2. The number of ether oxygens (including phenoxy) is 1. The number of non-ortho nitro benzene ring substituents is 1. The Kier molecular flexibility index (Phi) is 4.83. The summed E-state index contributed by atoms with van der Waals surface area (Å²) >= 11 is 0. The Morgan fingerprint density at radius 1 is 1.43 bits per heavy atom. The molecule has 1 saturated heterocycles. The molecule has 0 aliphatic carbocycles. The quantitative estimate of drug-likeness (QED) is 0.388. The average Bonchev–Trinajstić information content (AvgIpc) is 2.48. The standard InChI is InChI=1S/C13H16N4O4/c1-10(18)13(16-5-7-21-8-6-16)15-14-11-3-2-4-12(9-11)17(19)20/h2-4,9,14H,5-8H2,1H3/b15-13-. The van der Waals surface area contributed by atoms with Gasteiger partial charge in [-0.25, -0.2) is 0 Å². The van der Waals surface area contributed by atoms with Crippen LogP contribution in [0.4, 0.5) is 11.4 Å². The summed E-state index contributed by atoms with van der Waals surface area (Å²) in [5, 5.41) is 14.8. The number of carbonyl (C=O) groups is 1. The Bertz CT molecular complexity index is 567. The summed E-state index contributed by atoms with van der Waals surface area (Å²) in [5.74, 6) is 0.125. The summed E-state index contributed by atoms with van der Waals surface area (Å²) < 4.78 is 5.23. The molecular weight excluding hydrogens is 276 g/mol. The molecule has 0 bridgehead atoms. The van der Waals surface area contributed by atoms with Crippen LogP contribution in [0.5, 0.6) is 0 Å². The van der Waals surface area contributed by atoms with E-state index < -0.39 is 4.92 Å². The minimum absolute atomic E-state index is 0.0362. The van der Waals surface area contributed by atoms with Gasteiger partial charge in [-0.15, -0.1) is 0 Å². The number of carbonyl (C=O) groups excluding carboxylic acids is 1. The van der Waals surface area contributed by atoms with Crippen molar-refractivity contribution < 1.29 is 14.5 Å². The van der Waals surface area contributed by atoms with Gasteiger partial charge in [0.15, 0.2) is 11.6 Å². The fraction of sp³-hybridized carbons (Fsp3) is 0.385. The SMILES string of the molecule is CC(=O)/C(=N/Nc1cccc([N+](=O)[O-])c1)N1CCOCC1. The number of nitro groups is 1. The Labute approximate surface area is 121 Å². The van der Waals surface area contributed by atoms with E-state index in [0.29, 0.717) is 37.8 Å². The number of anilines is 1. The molecule has 1 aliphatic rings. The molecular formula is C13H16N4O4. The number of Topliss-reactive ketones (excluding diaryl/α,β-unsaturated/α-hetero) is 1. The van der Waals surface area contributed by atoms with Gasteiger partial charge >= 0.3 is 0 Å². The van der Waals surface area contributed by atoms with Gasteiger partial charge in [0.2, 0.25) is 0 Å². The zero-order valence-corrected chi connectivity index (χ0v) is 11.6. The first-order valence-electron chi connectivity index (χ1n) is 6.49. The second kappa shape index (κ2) is 6.80. The van der Waals surface area contributed by atoms with Crippen molar-refractivity contribution >= 4 is 23.0 Å². The van der Waals surface area contributed by atoms with Crippen molar-refractivity contribution in [1.82, 2.24) is 4.90 Å². The summed E-state index contributed by atoms with van der Waals surface area (Å²) in [7, 11) is 0. The number of rotatable bonds is 4. The number of nitrogens with one attached hydrogen (secondary N) is 1. The molecule has 0 aromatic heterocycles. The average molecular weight is 292 g/mol. The molecule has 8 nitrogen and oxygen atoms in total. The van der Waals surface area contributed by atoms with Crippen LogP contribution in [0, 0.1) is 10.1 Å². The van der Waals surface area contributed by atoms with Crippen molar-refractivity contribution in [2.75, 3.05) is 31.7 Å². The van der Waals surface area contributed by atoms with Gasteiger partial charge in [-0.3, -0.25) is 20.3 Å². The van der Waals surface area contributed by atoms with Crippen molar-refractivity contribution in [3.63, 3.8) is 0 Å². The summed E-state index contributed by atoms with van der Waals surface area (Å²) in [4.78, 5) is 23.7. The number of hydrogen-bond acceptors (Lipinski definition) is 6. The van der Waals surface area contributed by atoms with Crippen LogP contribution in [-0.4, -0.2) is 47.7 Å². The lowest BCUT2D eigenvalue weighted by molar-refractivity contribution is -0.384. The van der Waals surface area contributed by atoms with Gasteiger partial charge in [0.1, 0.15) is 0 Å². The lowest BCUT2D eigenvalue weighted by Crippen LogP contribution is -2.44. The number of nitro benzene ring substituents is 1. The van der Waals surface area contributed by atoms with Crippen LogP contribution >= 0.6 is 0 Å². The maximum Gasteiger partial charge on any atom is 0.271 e. The van der Waals surface area contributed by atoms with E-state index in [0.717, 1.165) is 0 Å². The lowest BCUT2D eigenvalue weighted by Gasteiger charge is -2.28. The molecule has 0 atom stereocenters. The number of hydrogen-bond donors (Lipinski definition) is 1. The molecule has 2 rings (SSSR count). The topological polar surface area (TPSA) is 97.1 Å². The molecule has 0 saturated carbocycles. The van der Waals surface area contributed by atoms with Crippen molar-refractivity contribution in [3.8, 4) is 0 Å². The number of hydrazone groups is 1. The van der Waals surface area contributed by atoms with Gasteiger partial charge in [-0.1, -0.05) is 6.07 Å². The minimum atomic E-state index is -0.483. The van der Waals surface area contributed by atoms with Crippen LogP contribution in [0.25, 0.3) is 0 Å². The van der Waals surface area contributed by atoms with Crippen LogP contribution in [0.1, 0.15) is 6.92 Å². The maximum atomic E-state index is 11.7. The molecule has 21 heavy (non-hydrogen) atoms. The van der Waals surface area contributed by atoms with E-state index in [2.05, 4.69) is 10.5 Å². The van der Waals surface area contributed by atoms with Gasteiger partial charge in [0, 0.05) is 32.1 Å². The van der Waals surface area contributed by atoms with E-state index >= 15 is 0 Å². The fourth-order valence-electron chi connectivity index (χ4n) is 1.95. The van der Waals surface area contributed by atoms with E-state index in [1.54, 1.807) is 12.1 Å². The molecule has 1 aromatic carbocycles. The smallest absolute Gasteiger partial charge is 0.271 e. The molecule has 112 valence electrons. The van der Waals surface area contributed by atoms with E-state index in [1.807, 2.05) is 4.90 Å². The lowest BCUT2D eigenvalue weighted by atomic mass is 10.3. The second-order valence-corrected chi connectivity index (χ2v) is 4.51. The van der Waals surface area contributed by atoms with Gasteiger partial charge in [0.05, 0.1) is 23.8 Å². The molecule has 1 N–H and O–H groups in total. The van der Waals surface area contributed by atoms with Gasteiger partial charge in [-0.2, -0.15) is 5.10 Å². The largest absolute Gasteiger partial charge is 0.378 e. The summed E-state index contributed by atoms with van der Waals surface area (Å²) in [6, 6.07) is 5.95. The highest BCUT2D eigenvalue weighted by Gasteiger charge is 2.19. The van der Waals surface area contributed by atoms with Crippen molar-refractivity contribution in [3.05, 3.63) is 34.4 Å². The molecule has 1 aromatic rings. The van der Waals surface area contributed by atoms with Gasteiger partial charge < -0.3 is 9.64 Å². The number of ketones is 1. The van der Waals surface area contributed by atoms with Crippen molar-refractivity contribution in [2.45, 2.75) is 6.92 Å². The van der Waals surface area contributed by atoms with E-state index in [4.69, 9.17) is 4.74 Å². The fourth-order valence-corrected chi connectivity index (χ4v) is 1.95. The zero-order valence-electron chi connectivity index (χ0n) is 11.6. The van der Waals surface area contributed by atoms with Gasteiger partial charge in [-0.05, 0) is 6.07 Å². The Morgan fingerprint density at radius 3 is 2.76 bits per heavy atom. The third-order valence-corrected chi connectivity index (χ3v) is 2.97. The van der Waals surface area contributed by atoms with E-state index in [9.17, 15) is 14.9 Å². The van der Waals surface area contributed by atoms with Crippen LogP contribution in [0.2, 0.25) is 0 Å². The third-order valence-electron chi connectivity index (χ3n) is 2.97. The molecule has 0 spiro atoms. The van der Waals surface area contributed by atoms with E-state index in [-0.39, 0.29) is 11.5 Å². The molecule has 1 aliphatic heterocycles. The molecule has 0 unspecified atom stereocenters. The first-order valence-corrected chi connectivity index (χ1v) is 6.49. The Morgan fingerprint density at radius 2 is 2.14 bits per heavy atom. The predicted molar refractivity (Wildman–Crippen MR) is 77.2 cm³/mol. The van der Waals surface area contributed by atoms with Crippen LogP contribution < -0.4 is 5.43 Å². The van der Waals surface area contributed by atoms with Crippen molar-refractivity contribution in [1.29, 1.82) is 0 Å². The summed E-state index contributed by atoms with van der Waals surface area (Å²) in [6.45, 7) is 3.71. The van der Waals surface area contributed by atoms with Crippen molar-refractivity contribution in [2.24, 2.45) is 5.10 Å². The molecule has 1 heterocycles. The predicted octanol–water partition coefficient (Wildman–Crippen LogP) is 1.24. The minimum Gasteiger partial charge on any atom is -0.378 e. The molecule has 0 amide bonds. The highest BCUT2D eigenvalue weighted by molar-refractivity contribution is 6.37. The molecule has 8 heteroatoms. The molecule has 1 fully saturated rings. The number of nitrogens with zero attached hydrogens (tertiary/aromatic N) is 3. The maximum absolute atomic E-state index is 11.7. The second-order valence-electron chi connectivity index (χ2n) is 4.51. The Hall–Kier alpha value is -2.48. The molecule has 0 radical (unpaired) electrons. The van der Waals surface area contributed by atoms with Crippen LogP contribution in [0.15, 0.2) is 29.4 Å². The Balaban J connectivity index is 2.14. The van der Waals surface area contributed by atoms with E-state index in [1.165, 1.54) is 19.1 Å². The summed E-state index contributed by atoms with van der Waals surface area (Å²) in [6.07, 6.45) is 0. The first kappa shape index (κ1) is 14.9. The number of benzene rings is 1. The van der Waals surface area contributed by atoms with Gasteiger partial charge in [0.25, 0.3) is 5.69 Å². The highest BCUT2D eigenvalue weighted by atomic mass is 16.6. The highest BCUT2D eigenvalue weighted by Crippen LogP contribution is 2.17.